The van der Waals surface area contributed by atoms with Crippen LogP contribution in [0.15, 0.2) is 30.3 Å². The summed E-state index contributed by atoms with van der Waals surface area (Å²) < 4.78 is 0. The average Bonchev–Trinajstić information content (AvgIpc) is 2.85. The summed E-state index contributed by atoms with van der Waals surface area (Å²) in [5, 5.41) is 0.778. The van der Waals surface area contributed by atoms with E-state index in [1.54, 1.807) is 4.90 Å². The summed E-state index contributed by atoms with van der Waals surface area (Å²) in [6.45, 7) is 0.518. The summed E-state index contributed by atoms with van der Waals surface area (Å²) in [6, 6.07) is 9.28. The quantitative estimate of drug-likeness (QED) is 0.785. The van der Waals surface area contributed by atoms with Gasteiger partial charge in [-0.3, -0.25) is 14.4 Å². The van der Waals surface area contributed by atoms with E-state index >= 15 is 0 Å². The van der Waals surface area contributed by atoms with Crippen molar-refractivity contribution >= 4 is 23.4 Å². The molecule has 0 N–H and O–H groups in total. The molecule has 2 aliphatic heterocycles. The predicted octanol–water partition coefficient (Wildman–Crippen LogP) is 1.26. The van der Waals surface area contributed by atoms with Crippen LogP contribution in [0.4, 0.5) is 5.69 Å². The Labute approximate surface area is 122 Å². The maximum atomic E-state index is 12.3. The highest BCUT2D eigenvalue weighted by molar-refractivity contribution is 6.00. The van der Waals surface area contributed by atoms with Crippen molar-refractivity contribution in [2.45, 2.75) is 31.8 Å². The number of anilines is 1. The van der Waals surface area contributed by atoms with Gasteiger partial charge in [0.15, 0.2) is 6.10 Å². The molecule has 1 aromatic rings. The highest BCUT2D eigenvalue weighted by atomic mass is 16.7. The van der Waals surface area contributed by atoms with Crippen molar-refractivity contribution in [1.29, 1.82) is 0 Å². The number of hydroxylamine groups is 2. The lowest BCUT2D eigenvalue weighted by molar-refractivity contribution is -0.211. The van der Waals surface area contributed by atoms with Crippen molar-refractivity contribution in [2.24, 2.45) is 0 Å². The Kier molecular flexibility index (Phi) is 3.70. The maximum Gasteiger partial charge on any atom is 0.258 e. The van der Waals surface area contributed by atoms with Gasteiger partial charge in [-0.1, -0.05) is 18.2 Å². The molecule has 2 fully saturated rings. The van der Waals surface area contributed by atoms with Crippen LogP contribution >= 0.6 is 0 Å². The zero-order valence-corrected chi connectivity index (χ0v) is 11.5. The minimum atomic E-state index is -0.767. The van der Waals surface area contributed by atoms with Crippen molar-refractivity contribution in [3.05, 3.63) is 30.3 Å². The molecule has 0 bridgehead atoms. The molecule has 2 heterocycles. The first kappa shape index (κ1) is 13.8. The van der Waals surface area contributed by atoms with Gasteiger partial charge in [-0.2, -0.15) is 5.06 Å². The van der Waals surface area contributed by atoms with Gasteiger partial charge in [-0.25, -0.2) is 4.84 Å². The molecule has 0 spiro atoms. The van der Waals surface area contributed by atoms with Gasteiger partial charge >= 0.3 is 0 Å². The Balaban J connectivity index is 1.69. The number of benzene rings is 1. The predicted molar refractivity (Wildman–Crippen MR) is 74.0 cm³/mol. The summed E-state index contributed by atoms with van der Waals surface area (Å²) in [5.41, 5.74) is 0.796. The molecule has 3 amide bonds. The van der Waals surface area contributed by atoms with E-state index < -0.39 is 6.10 Å². The zero-order valence-electron chi connectivity index (χ0n) is 11.5. The number of hydrogen-bond acceptors (Lipinski definition) is 4. The third-order valence-electron chi connectivity index (χ3n) is 3.69. The number of carbonyl (C=O) groups is 3. The average molecular weight is 288 g/mol. The Bertz CT molecular complexity index is 556. The van der Waals surface area contributed by atoms with Gasteiger partial charge in [-0.05, 0) is 18.6 Å². The number of amides is 3. The summed E-state index contributed by atoms with van der Waals surface area (Å²) in [5.74, 6) is -0.943. The lowest BCUT2D eigenvalue weighted by Gasteiger charge is -2.26. The highest BCUT2D eigenvalue weighted by Gasteiger charge is 2.38. The standard InChI is InChI=1S/C15H16N2O4/c18-13-7-4-8-14(19)17(13)21-12-9-10-16(15(12)20)11-5-2-1-3-6-11/h1-3,5-6,12H,4,7-10H2. The van der Waals surface area contributed by atoms with Crippen LogP contribution in [-0.2, 0) is 19.2 Å². The van der Waals surface area contributed by atoms with E-state index in [0.29, 0.717) is 19.4 Å². The summed E-state index contributed by atoms with van der Waals surface area (Å²) in [4.78, 5) is 42.8. The molecule has 6 heteroatoms. The third-order valence-corrected chi connectivity index (χ3v) is 3.69. The van der Waals surface area contributed by atoms with Gasteiger partial charge in [0.05, 0.1) is 0 Å². The Morgan fingerprint density at radius 1 is 1.00 bits per heavy atom. The van der Waals surface area contributed by atoms with Gasteiger partial charge < -0.3 is 4.90 Å². The van der Waals surface area contributed by atoms with E-state index in [2.05, 4.69) is 0 Å². The summed E-state index contributed by atoms with van der Waals surface area (Å²) in [7, 11) is 0. The van der Waals surface area contributed by atoms with Crippen LogP contribution in [0.3, 0.4) is 0 Å². The van der Waals surface area contributed by atoms with Crippen LogP contribution in [0.2, 0.25) is 0 Å². The Hall–Kier alpha value is -2.21. The van der Waals surface area contributed by atoms with Crippen LogP contribution in [-0.4, -0.2) is 35.4 Å². The van der Waals surface area contributed by atoms with Gasteiger partial charge in [-0.15, -0.1) is 0 Å². The first-order valence-electron chi connectivity index (χ1n) is 7.06. The second-order valence-electron chi connectivity index (χ2n) is 5.14. The lowest BCUT2D eigenvalue weighted by Crippen LogP contribution is -2.44. The number of hydrogen-bond donors (Lipinski definition) is 0. The van der Waals surface area contributed by atoms with Crippen molar-refractivity contribution in [3.63, 3.8) is 0 Å². The third kappa shape index (κ3) is 2.67. The second kappa shape index (κ2) is 5.65. The lowest BCUT2D eigenvalue weighted by atomic mass is 10.1. The van der Waals surface area contributed by atoms with Crippen molar-refractivity contribution in [3.8, 4) is 0 Å². The molecule has 0 aromatic heterocycles. The topological polar surface area (TPSA) is 66.9 Å². The fourth-order valence-electron chi connectivity index (χ4n) is 2.59. The number of nitrogens with zero attached hydrogens (tertiary/aromatic N) is 2. The molecule has 1 aromatic carbocycles. The minimum absolute atomic E-state index is 0.215. The van der Waals surface area contributed by atoms with Crippen molar-refractivity contribution in [2.75, 3.05) is 11.4 Å². The molecular formula is C15H16N2O4. The second-order valence-corrected chi connectivity index (χ2v) is 5.14. The van der Waals surface area contributed by atoms with Gasteiger partial charge in [0.1, 0.15) is 0 Å². The van der Waals surface area contributed by atoms with Gasteiger partial charge in [0.25, 0.3) is 17.7 Å². The van der Waals surface area contributed by atoms with E-state index in [1.165, 1.54) is 0 Å². The van der Waals surface area contributed by atoms with Crippen molar-refractivity contribution < 1.29 is 19.2 Å². The summed E-state index contributed by atoms with van der Waals surface area (Å²) in [6.07, 6.45) is 0.817. The first-order chi connectivity index (χ1) is 10.2. The fraction of sp³-hybridized carbons (Fsp3) is 0.400. The highest BCUT2D eigenvalue weighted by Crippen LogP contribution is 2.24. The molecule has 0 aliphatic carbocycles. The molecule has 3 rings (SSSR count). The molecule has 2 saturated heterocycles. The SMILES string of the molecule is O=C1CCCC(=O)N1OC1CCN(c2ccccc2)C1=O. The zero-order chi connectivity index (χ0) is 14.8. The van der Waals surface area contributed by atoms with Crippen LogP contribution in [0.5, 0.6) is 0 Å². The van der Waals surface area contributed by atoms with E-state index in [-0.39, 0.29) is 30.6 Å². The number of rotatable bonds is 3. The van der Waals surface area contributed by atoms with Gasteiger partial charge in [0.2, 0.25) is 0 Å². The molecule has 1 unspecified atom stereocenters. The fourth-order valence-corrected chi connectivity index (χ4v) is 2.59. The maximum absolute atomic E-state index is 12.3. The normalized spacial score (nSPS) is 23.0. The molecule has 1 atom stereocenters. The Morgan fingerprint density at radius 3 is 2.33 bits per heavy atom. The molecule has 0 saturated carbocycles. The van der Waals surface area contributed by atoms with Gasteiger partial charge in [0, 0.05) is 31.5 Å². The number of piperidine rings is 1. The van der Waals surface area contributed by atoms with E-state index in [1.807, 2.05) is 30.3 Å². The molecule has 2 aliphatic rings. The first-order valence-corrected chi connectivity index (χ1v) is 7.06. The van der Waals surface area contributed by atoms with E-state index in [4.69, 9.17) is 4.84 Å². The monoisotopic (exact) mass is 288 g/mol. The molecular weight excluding hydrogens is 272 g/mol. The number of para-hydroxylation sites is 1. The number of carbonyl (C=O) groups excluding carboxylic acids is 3. The minimum Gasteiger partial charge on any atom is -0.310 e. The smallest absolute Gasteiger partial charge is 0.258 e. The molecule has 21 heavy (non-hydrogen) atoms. The Morgan fingerprint density at radius 2 is 1.67 bits per heavy atom. The van der Waals surface area contributed by atoms with E-state index in [9.17, 15) is 14.4 Å². The largest absolute Gasteiger partial charge is 0.310 e. The van der Waals surface area contributed by atoms with Crippen LogP contribution in [0, 0.1) is 0 Å². The van der Waals surface area contributed by atoms with Crippen molar-refractivity contribution in [1.82, 2.24) is 5.06 Å². The van der Waals surface area contributed by atoms with E-state index in [0.717, 1.165) is 10.8 Å². The summed E-state index contributed by atoms with van der Waals surface area (Å²) >= 11 is 0. The van der Waals surface area contributed by atoms with Crippen LogP contribution < -0.4 is 4.90 Å². The molecule has 6 nitrogen and oxygen atoms in total. The molecule has 110 valence electrons. The molecule has 0 radical (unpaired) electrons. The number of imide groups is 1. The van der Waals surface area contributed by atoms with Crippen LogP contribution in [0.1, 0.15) is 25.7 Å². The van der Waals surface area contributed by atoms with Crippen LogP contribution in [0.25, 0.3) is 0 Å².